The normalized spacial score (nSPS) is 19.9. The largest absolute Gasteiger partial charge is 0.207 e. The van der Waals surface area contributed by atoms with Crippen LogP contribution in [0.5, 0.6) is 0 Å². The van der Waals surface area contributed by atoms with E-state index in [4.69, 9.17) is 0 Å². The van der Waals surface area contributed by atoms with Crippen LogP contribution >= 0.6 is 15.9 Å². The van der Waals surface area contributed by atoms with Crippen molar-refractivity contribution in [3.8, 4) is 0 Å². The van der Waals surface area contributed by atoms with Crippen molar-refractivity contribution >= 4 is 15.9 Å². The molecule has 0 spiro atoms. The number of alkyl halides is 1. The van der Waals surface area contributed by atoms with Crippen LogP contribution in [0.1, 0.15) is 50.0 Å². The fourth-order valence-electron chi connectivity index (χ4n) is 2.94. The van der Waals surface area contributed by atoms with E-state index in [9.17, 15) is 4.39 Å². The van der Waals surface area contributed by atoms with Gasteiger partial charge in [0.2, 0.25) is 0 Å². The van der Waals surface area contributed by atoms with Crippen molar-refractivity contribution in [2.75, 3.05) is 5.33 Å². The molecule has 0 N–H and O–H groups in total. The van der Waals surface area contributed by atoms with Gasteiger partial charge >= 0.3 is 0 Å². The molecule has 0 amide bonds. The molecular weight excluding hydrogens is 279 g/mol. The van der Waals surface area contributed by atoms with Gasteiger partial charge in [0, 0.05) is 5.33 Å². The second-order valence-corrected chi connectivity index (χ2v) is 5.71. The van der Waals surface area contributed by atoms with Crippen LogP contribution in [0.4, 0.5) is 4.39 Å². The predicted molar refractivity (Wildman–Crippen MR) is 74.1 cm³/mol. The minimum atomic E-state index is -0.109. The summed E-state index contributed by atoms with van der Waals surface area (Å²) in [4.78, 5) is 0. The van der Waals surface area contributed by atoms with Crippen LogP contribution in [0.25, 0.3) is 0 Å². The Kier molecular flexibility index (Phi) is 5.02. The lowest BCUT2D eigenvalue weighted by molar-refractivity contribution is 0.399. The first-order valence-corrected chi connectivity index (χ1v) is 7.75. The van der Waals surface area contributed by atoms with Crippen molar-refractivity contribution in [2.24, 2.45) is 5.92 Å². The van der Waals surface area contributed by atoms with Crippen molar-refractivity contribution < 1.29 is 4.39 Å². The van der Waals surface area contributed by atoms with Crippen molar-refractivity contribution in [1.82, 2.24) is 0 Å². The van der Waals surface area contributed by atoms with Crippen molar-refractivity contribution in [3.05, 3.63) is 35.6 Å². The molecule has 17 heavy (non-hydrogen) atoms. The molecule has 1 aliphatic rings. The van der Waals surface area contributed by atoms with Crippen LogP contribution in [0.2, 0.25) is 0 Å². The maximum Gasteiger partial charge on any atom is 0.123 e. The van der Waals surface area contributed by atoms with E-state index in [1.807, 2.05) is 6.07 Å². The third-order valence-electron chi connectivity index (χ3n) is 3.91. The number of rotatable bonds is 3. The first kappa shape index (κ1) is 13.1. The first-order chi connectivity index (χ1) is 8.31. The maximum absolute atomic E-state index is 13.3. The Morgan fingerprint density at radius 3 is 2.47 bits per heavy atom. The van der Waals surface area contributed by atoms with Crippen molar-refractivity contribution in [1.29, 1.82) is 0 Å². The first-order valence-electron chi connectivity index (χ1n) is 6.62. The smallest absolute Gasteiger partial charge is 0.123 e. The molecule has 2 heteroatoms. The SMILES string of the molecule is Fc1cccc(C(CBr)C2CCCCCC2)c1. The van der Waals surface area contributed by atoms with Gasteiger partial charge in [-0.1, -0.05) is 53.7 Å². The van der Waals surface area contributed by atoms with Gasteiger partial charge in [0.1, 0.15) is 5.82 Å². The molecule has 0 aromatic heterocycles. The summed E-state index contributed by atoms with van der Waals surface area (Å²) in [6.45, 7) is 0. The molecule has 1 atom stereocenters. The molecule has 0 aliphatic heterocycles. The van der Waals surface area contributed by atoms with Gasteiger partial charge in [0.15, 0.2) is 0 Å². The highest BCUT2D eigenvalue weighted by Gasteiger charge is 2.23. The summed E-state index contributed by atoms with van der Waals surface area (Å²) in [5.41, 5.74) is 1.16. The van der Waals surface area contributed by atoms with E-state index in [0.29, 0.717) is 5.92 Å². The Balaban J connectivity index is 2.14. The highest BCUT2D eigenvalue weighted by Crippen LogP contribution is 2.36. The van der Waals surface area contributed by atoms with Crippen LogP contribution < -0.4 is 0 Å². The fraction of sp³-hybridized carbons (Fsp3) is 0.600. The molecule has 1 fully saturated rings. The summed E-state index contributed by atoms with van der Waals surface area (Å²) in [5.74, 6) is 1.09. The topological polar surface area (TPSA) is 0 Å². The number of hydrogen-bond acceptors (Lipinski definition) is 0. The number of halogens is 2. The molecule has 94 valence electrons. The van der Waals surface area contributed by atoms with E-state index in [1.165, 1.54) is 44.6 Å². The zero-order valence-electron chi connectivity index (χ0n) is 10.2. The van der Waals surface area contributed by atoms with Crippen molar-refractivity contribution in [2.45, 2.75) is 44.4 Å². The van der Waals surface area contributed by atoms with Gasteiger partial charge in [-0.3, -0.25) is 0 Å². The Morgan fingerprint density at radius 1 is 1.18 bits per heavy atom. The second-order valence-electron chi connectivity index (χ2n) is 5.07. The highest BCUT2D eigenvalue weighted by atomic mass is 79.9. The summed E-state index contributed by atoms with van der Waals surface area (Å²) in [6.07, 6.45) is 8.01. The van der Waals surface area contributed by atoms with E-state index in [-0.39, 0.29) is 5.82 Å². The number of benzene rings is 1. The van der Waals surface area contributed by atoms with Gasteiger partial charge in [-0.25, -0.2) is 4.39 Å². The fourth-order valence-corrected chi connectivity index (χ4v) is 3.84. The third kappa shape index (κ3) is 3.54. The van der Waals surface area contributed by atoms with E-state index >= 15 is 0 Å². The van der Waals surface area contributed by atoms with Crippen LogP contribution in [0, 0.1) is 11.7 Å². The van der Waals surface area contributed by atoms with E-state index in [2.05, 4.69) is 22.0 Å². The molecule has 2 rings (SSSR count). The average molecular weight is 299 g/mol. The van der Waals surface area contributed by atoms with Gasteiger partial charge in [0.05, 0.1) is 0 Å². The van der Waals surface area contributed by atoms with Gasteiger partial charge in [0.25, 0.3) is 0 Å². The molecular formula is C15H20BrF. The lowest BCUT2D eigenvalue weighted by Gasteiger charge is -2.24. The molecule has 1 aromatic carbocycles. The minimum absolute atomic E-state index is 0.109. The predicted octanol–water partition coefficient (Wildman–Crippen LogP) is 5.27. The molecule has 0 saturated heterocycles. The molecule has 0 nitrogen and oxygen atoms in total. The summed E-state index contributed by atoms with van der Waals surface area (Å²) in [6, 6.07) is 7.13. The molecule has 0 radical (unpaired) electrons. The zero-order chi connectivity index (χ0) is 12.1. The van der Waals surface area contributed by atoms with Gasteiger partial charge in [-0.05, 0) is 42.4 Å². The average Bonchev–Trinajstić information content (AvgIpc) is 2.59. The summed E-state index contributed by atoms with van der Waals surface area (Å²) >= 11 is 3.62. The molecule has 0 bridgehead atoms. The van der Waals surface area contributed by atoms with Gasteiger partial charge in [-0.2, -0.15) is 0 Å². The van der Waals surface area contributed by atoms with Crippen LogP contribution in [-0.2, 0) is 0 Å². The summed E-state index contributed by atoms with van der Waals surface area (Å²) in [7, 11) is 0. The second kappa shape index (κ2) is 6.53. The Bertz CT molecular complexity index is 343. The lowest BCUT2D eigenvalue weighted by Crippen LogP contribution is -2.14. The molecule has 1 saturated carbocycles. The van der Waals surface area contributed by atoms with E-state index < -0.39 is 0 Å². The van der Waals surface area contributed by atoms with Crippen LogP contribution in [-0.4, -0.2) is 5.33 Å². The highest BCUT2D eigenvalue weighted by molar-refractivity contribution is 9.09. The van der Waals surface area contributed by atoms with Crippen LogP contribution in [0.15, 0.2) is 24.3 Å². The van der Waals surface area contributed by atoms with E-state index in [1.54, 1.807) is 6.07 Å². The lowest BCUT2D eigenvalue weighted by atomic mass is 9.83. The Labute approximate surface area is 112 Å². The molecule has 0 heterocycles. The standard InChI is InChI=1S/C15H20BrF/c16-11-15(12-6-3-1-2-4-7-12)13-8-5-9-14(17)10-13/h5,8-10,12,15H,1-4,6-7,11H2. The molecule has 1 aliphatic carbocycles. The summed E-state index contributed by atoms with van der Waals surface area (Å²) < 4.78 is 13.3. The van der Waals surface area contributed by atoms with Crippen molar-refractivity contribution in [3.63, 3.8) is 0 Å². The van der Waals surface area contributed by atoms with Gasteiger partial charge < -0.3 is 0 Å². The van der Waals surface area contributed by atoms with Gasteiger partial charge in [-0.15, -0.1) is 0 Å². The summed E-state index contributed by atoms with van der Waals surface area (Å²) in [5, 5.41) is 0.946. The Hall–Kier alpha value is -0.370. The zero-order valence-corrected chi connectivity index (χ0v) is 11.8. The van der Waals surface area contributed by atoms with E-state index in [0.717, 1.165) is 16.8 Å². The molecule has 1 unspecified atom stereocenters. The third-order valence-corrected chi connectivity index (χ3v) is 4.61. The maximum atomic E-state index is 13.3. The quantitative estimate of drug-likeness (QED) is 0.526. The molecule has 1 aromatic rings. The monoisotopic (exact) mass is 298 g/mol. The Morgan fingerprint density at radius 2 is 1.88 bits per heavy atom. The minimum Gasteiger partial charge on any atom is -0.207 e. The van der Waals surface area contributed by atoms with Crippen LogP contribution in [0.3, 0.4) is 0 Å². The number of hydrogen-bond donors (Lipinski definition) is 0.